The Morgan fingerprint density at radius 1 is 1.00 bits per heavy atom. The Morgan fingerprint density at radius 3 is 2.31 bits per heavy atom. The number of aliphatic hydroxyl groups is 1. The van der Waals surface area contributed by atoms with Crippen LogP contribution in [0.1, 0.15) is 23.6 Å². The minimum absolute atomic E-state index is 0.118. The second kappa shape index (κ2) is 9.34. The summed E-state index contributed by atoms with van der Waals surface area (Å²) in [5, 5.41) is 14.3. The monoisotopic (exact) mass is 405 g/mol. The smallest absolute Gasteiger partial charge is 0.288 e. The summed E-state index contributed by atoms with van der Waals surface area (Å²) in [4.78, 5) is 0.418. The lowest BCUT2D eigenvalue weighted by Crippen LogP contribution is -2.38. The van der Waals surface area contributed by atoms with Gasteiger partial charge in [-0.15, -0.1) is 0 Å². The average Bonchev–Trinajstić information content (AvgIpc) is 2.72. The summed E-state index contributed by atoms with van der Waals surface area (Å²) in [5.41, 5.74) is 4.33. The van der Waals surface area contributed by atoms with Crippen LogP contribution in [0.15, 0.2) is 73.1 Å². The average molecular weight is 406 g/mol. The molecule has 1 heterocycles. The molecule has 0 aliphatic carbocycles. The molecule has 0 atom stereocenters. The quantitative estimate of drug-likeness (QED) is 0.252. The van der Waals surface area contributed by atoms with E-state index in [2.05, 4.69) is 5.32 Å². The number of nitrogens with one attached hydrogen (secondary N) is 1. The fourth-order valence-electron chi connectivity index (χ4n) is 2.91. The van der Waals surface area contributed by atoms with E-state index in [1.807, 2.05) is 98.4 Å². The molecule has 0 aliphatic heterocycles. The highest BCUT2D eigenvalue weighted by Crippen LogP contribution is 2.22. The predicted molar refractivity (Wildman–Crippen MR) is 122 cm³/mol. The number of aliphatic hydroxyl groups excluding tert-OH is 1. The van der Waals surface area contributed by atoms with Crippen molar-refractivity contribution in [3.05, 3.63) is 89.7 Å². The van der Waals surface area contributed by atoms with Gasteiger partial charge in [0.15, 0.2) is 23.1 Å². The van der Waals surface area contributed by atoms with Gasteiger partial charge in [-0.1, -0.05) is 30.4 Å². The van der Waals surface area contributed by atoms with Gasteiger partial charge < -0.3 is 15.2 Å². The molecule has 148 valence electrons. The number of nitrogens with zero attached hydrogens (tertiary/aromatic N) is 1. The molecule has 5 heteroatoms. The minimum atomic E-state index is 0.118. The summed E-state index contributed by atoms with van der Waals surface area (Å²) in [7, 11) is 0. The number of rotatable bonds is 6. The van der Waals surface area contributed by atoms with Gasteiger partial charge in [-0.3, -0.25) is 0 Å². The van der Waals surface area contributed by atoms with Gasteiger partial charge in [-0.2, -0.15) is 4.57 Å². The number of pyridine rings is 1. The van der Waals surface area contributed by atoms with Crippen molar-refractivity contribution in [2.75, 3.05) is 11.9 Å². The van der Waals surface area contributed by atoms with E-state index in [9.17, 15) is 5.11 Å². The molecule has 0 unspecified atom stereocenters. The first-order valence-electron chi connectivity index (χ1n) is 9.51. The van der Waals surface area contributed by atoms with E-state index in [1.165, 1.54) is 5.56 Å². The normalized spacial score (nSPS) is 11.6. The minimum Gasteiger partial charge on any atom is -0.502 e. The van der Waals surface area contributed by atoms with Gasteiger partial charge in [0, 0.05) is 23.4 Å². The van der Waals surface area contributed by atoms with Crippen molar-refractivity contribution >= 4 is 34.3 Å². The zero-order valence-electron chi connectivity index (χ0n) is 16.8. The molecule has 0 saturated carbocycles. The number of benzene rings is 2. The van der Waals surface area contributed by atoms with Crippen LogP contribution in [0.5, 0.6) is 5.75 Å². The number of aryl methyl sites for hydroxylation is 2. The Morgan fingerprint density at radius 2 is 1.69 bits per heavy atom. The number of ether oxygens (including phenoxy) is 1. The second-order valence-corrected chi connectivity index (χ2v) is 7.10. The molecule has 0 radical (unpaired) electrons. The largest absolute Gasteiger partial charge is 0.502 e. The highest BCUT2D eigenvalue weighted by molar-refractivity contribution is 7.81. The van der Waals surface area contributed by atoms with Crippen molar-refractivity contribution < 1.29 is 14.4 Å². The van der Waals surface area contributed by atoms with Crippen LogP contribution in [0.25, 0.3) is 11.5 Å². The zero-order valence-corrected chi connectivity index (χ0v) is 17.7. The SMILES string of the molecule is CCOc1ccc(NC(=S)C(=C(O)c2ccc(C)c(C)c2)[n+]2ccccc2)cc1. The highest BCUT2D eigenvalue weighted by Gasteiger charge is 2.23. The number of thiocarbonyl (C=S) groups is 1. The van der Waals surface area contributed by atoms with Gasteiger partial charge in [0.1, 0.15) is 5.75 Å². The van der Waals surface area contributed by atoms with Crippen molar-refractivity contribution in [1.82, 2.24) is 0 Å². The Kier molecular flexibility index (Phi) is 6.62. The topological polar surface area (TPSA) is 45.4 Å². The van der Waals surface area contributed by atoms with E-state index in [0.29, 0.717) is 17.3 Å². The molecule has 2 aromatic carbocycles. The van der Waals surface area contributed by atoms with E-state index in [4.69, 9.17) is 17.0 Å². The standard InChI is InChI=1S/C24H24N2O2S/c1-4-28-21-12-10-20(11-13-21)25-24(29)22(26-14-6-5-7-15-26)23(27)19-9-8-17(2)18(3)16-19/h5-16H,4H2,1-3H3,(H-,25,27,29)/p+1. The van der Waals surface area contributed by atoms with E-state index < -0.39 is 0 Å². The van der Waals surface area contributed by atoms with Crippen molar-refractivity contribution in [2.24, 2.45) is 0 Å². The number of hydrogen-bond acceptors (Lipinski definition) is 3. The fraction of sp³-hybridized carbons (Fsp3) is 0.167. The summed E-state index contributed by atoms with van der Waals surface area (Å²) >= 11 is 5.68. The van der Waals surface area contributed by atoms with Crippen LogP contribution < -0.4 is 14.6 Å². The molecule has 3 rings (SSSR count). The van der Waals surface area contributed by atoms with Crippen molar-refractivity contribution in [2.45, 2.75) is 20.8 Å². The van der Waals surface area contributed by atoms with Crippen LogP contribution >= 0.6 is 12.2 Å². The third kappa shape index (κ3) is 5.00. The third-order valence-electron chi connectivity index (χ3n) is 4.62. The van der Waals surface area contributed by atoms with Gasteiger partial charge in [-0.25, -0.2) is 0 Å². The molecule has 0 fully saturated rings. The summed E-state index contributed by atoms with van der Waals surface area (Å²) in [6.07, 6.45) is 3.72. The van der Waals surface area contributed by atoms with Crippen molar-refractivity contribution in [3.63, 3.8) is 0 Å². The lowest BCUT2D eigenvalue weighted by atomic mass is 10.0. The number of hydrogen-bond donors (Lipinski definition) is 2. The van der Waals surface area contributed by atoms with Crippen LogP contribution in [0.3, 0.4) is 0 Å². The molecule has 0 spiro atoms. The lowest BCUT2D eigenvalue weighted by molar-refractivity contribution is -0.575. The maximum Gasteiger partial charge on any atom is 0.288 e. The molecule has 4 nitrogen and oxygen atoms in total. The first-order valence-corrected chi connectivity index (χ1v) is 9.92. The van der Waals surface area contributed by atoms with Gasteiger partial charge in [0.2, 0.25) is 0 Å². The summed E-state index contributed by atoms with van der Waals surface area (Å²) in [6, 6.07) is 19.2. The summed E-state index contributed by atoms with van der Waals surface area (Å²) < 4.78 is 7.30. The first kappa shape index (κ1) is 20.6. The summed E-state index contributed by atoms with van der Waals surface area (Å²) in [5.74, 6) is 0.919. The Labute approximate surface area is 177 Å². The van der Waals surface area contributed by atoms with Gasteiger partial charge >= 0.3 is 0 Å². The Balaban J connectivity index is 1.99. The number of aromatic nitrogens is 1. The van der Waals surface area contributed by atoms with Gasteiger partial charge in [0.05, 0.1) is 6.61 Å². The summed E-state index contributed by atoms with van der Waals surface area (Å²) in [6.45, 7) is 6.64. The van der Waals surface area contributed by atoms with Crippen LogP contribution in [-0.4, -0.2) is 16.7 Å². The van der Waals surface area contributed by atoms with E-state index in [0.717, 1.165) is 22.6 Å². The molecule has 3 aromatic rings. The first-order chi connectivity index (χ1) is 14.0. The van der Waals surface area contributed by atoms with Crippen LogP contribution in [0, 0.1) is 13.8 Å². The third-order valence-corrected chi connectivity index (χ3v) is 4.91. The highest BCUT2D eigenvalue weighted by atomic mass is 32.1. The molecule has 0 aliphatic rings. The maximum atomic E-state index is 11.1. The lowest BCUT2D eigenvalue weighted by Gasteiger charge is -2.11. The molecule has 29 heavy (non-hydrogen) atoms. The fourth-order valence-corrected chi connectivity index (χ4v) is 3.23. The number of anilines is 1. The van der Waals surface area contributed by atoms with Crippen molar-refractivity contribution in [3.8, 4) is 5.75 Å². The second-order valence-electron chi connectivity index (χ2n) is 6.69. The van der Waals surface area contributed by atoms with Gasteiger partial charge in [0.25, 0.3) is 5.70 Å². The predicted octanol–water partition coefficient (Wildman–Crippen LogP) is 5.31. The molecule has 0 bridgehead atoms. The molecule has 0 amide bonds. The molecule has 1 aromatic heterocycles. The zero-order chi connectivity index (χ0) is 20.8. The Hall–Kier alpha value is -3.18. The Bertz CT molecular complexity index is 1030. The maximum absolute atomic E-state index is 11.1. The van der Waals surface area contributed by atoms with Crippen LogP contribution in [0.2, 0.25) is 0 Å². The molecule has 2 N–H and O–H groups in total. The molecular formula is C24H25N2O2S+. The van der Waals surface area contributed by atoms with Crippen LogP contribution in [-0.2, 0) is 0 Å². The van der Waals surface area contributed by atoms with E-state index in [-0.39, 0.29) is 5.76 Å². The van der Waals surface area contributed by atoms with E-state index >= 15 is 0 Å². The van der Waals surface area contributed by atoms with Crippen molar-refractivity contribution in [1.29, 1.82) is 0 Å². The molecular weight excluding hydrogens is 380 g/mol. The van der Waals surface area contributed by atoms with E-state index in [1.54, 1.807) is 0 Å². The van der Waals surface area contributed by atoms with Crippen LogP contribution in [0.4, 0.5) is 5.69 Å². The van der Waals surface area contributed by atoms with Gasteiger partial charge in [-0.05, 0) is 62.2 Å². The molecule has 0 saturated heterocycles.